The molecule has 0 aromatic carbocycles. The highest BCUT2D eigenvalue weighted by Crippen LogP contribution is 2.57. The van der Waals surface area contributed by atoms with Crippen LogP contribution in [0.2, 0.25) is 0 Å². The fraction of sp³-hybridized carbons (Fsp3) is 0.667. The van der Waals surface area contributed by atoms with Crippen molar-refractivity contribution in [3.05, 3.63) is 23.7 Å². The van der Waals surface area contributed by atoms with E-state index in [1.165, 1.54) is 12.7 Å². The predicted molar refractivity (Wildman–Crippen MR) is 81.4 cm³/mol. The van der Waals surface area contributed by atoms with E-state index in [1.807, 2.05) is 6.92 Å². The number of rotatable bonds is 5. The van der Waals surface area contributed by atoms with Gasteiger partial charge in [-0.15, -0.1) is 12.4 Å². The number of nitrogens with one attached hydrogen (secondary N) is 1. The summed E-state index contributed by atoms with van der Waals surface area (Å²) in [5, 5.41) is 3.13. The molecule has 1 amide bonds. The average molecular weight is 315 g/mol. The molecule has 1 heterocycles. The summed E-state index contributed by atoms with van der Waals surface area (Å²) in [5.74, 6) is 0.564. The molecular formula is C15H23ClN2O3. The van der Waals surface area contributed by atoms with Crippen LogP contribution >= 0.6 is 12.4 Å². The van der Waals surface area contributed by atoms with Gasteiger partial charge in [0.25, 0.3) is 5.91 Å². The number of hydrogen-bond acceptors (Lipinski definition) is 4. The summed E-state index contributed by atoms with van der Waals surface area (Å²) in [5.41, 5.74) is 6.23. The molecule has 0 bridgehead atoms. The van der Waals surface area contributed by atoms with Gasteiger partial charge in [-0.1, -0.05) is 6.42 Å². The molecule has 0 aliphatic heterocycles. The van der Waals surface area contributed by atoms with E-state index < -0.39 is 0 Å². The van der Waals surface area contributed by atoms with Crippen molar-refractivity contribution in [2.45, 2.75) is 51.3 Å². The third-order valence-electron chi connectivity index (χ3n) is 4.86. The van der Waals surface area contributed by atoms with Crippen LogP contribution in [0, 0.1) is 5.41 Å². The summed E-state index contributed by atoms with van der Waals surface area (Å²) in [4.78, 5) is 12.2. The first-order chi connectivity index (χ1) is 9.69. The maximum Gasteiger partial charge on any atom is 0.254 e. The van der Waals surface area contributed by atoms with Crippen LogP contribution < -0.4 is 11.1 Å². The van der Waals surface area contributed by atoms with Crippen molar-refractivity contribution in [3.63, 3.8) is 0 Å². The van der Waals surface area contributed by atoms with E-state index in [4.69, 9.17) is 14.9 Å². The summed E-state index contributed by atoms with van der Waals surface area (Å²) in [6, 6.07) is 1.94. The summed E-state index contributed by atoms with van der Waals surface area (Å²) in [6.45, 7) is 3.08. The molecule has 3 N–H and O–H groups in total. The van der Waals surface area contributed by atoms with Gasteiger partial charge in [0, 0.05) is 18.1 Å². The largest absolute Gasteiger partial charge is 0.467 e. The Morgan fingerprint density at radius 1 is 1.57 bits per heavy atom. The fourth-order valence-electron chi connectivity index (χ4n) is 3.49. The molecule has 0 saturated heterocycles. The van der Waals surface area contributed by atoms with E-state index >= 15 is 0 Å². The normalized spacial score (nSPS) is 25.6. The first-order valence-corrected chi connectivity index (χ1v) is 7.39. The molecule has 2 unspecified atom stereocenters. The van der Waals surface area contributed by atoms with Crippen molar-refractivity contribution in [2.24, 2.45) is 11.1 Å². The predicted octanol–water partition coefficient (Wildman–Crippen LogP) is 2.24. The average Bonchev–Trinajstić information content (AvgIpc) is 2.84. The third-order valence-corrected chi connectivity index (χ3v) is 4.86. The maximum absolute atomic E-state index is 12.2. The van der Waals surface area contributed by atoms with Crippen LogP contribution in [0.1, 0.15) is 48.7 Å². The number of furan rings is 1. The van der Waals surface area contributed by atoms with Crippen molar-refractivity contribution in [3.8, 4) is 0 Å². The number of carbonyl (C=O) groups is 1. The monoisotopic (exact) mass is 314 g/mol. The van der Waals surface area contributed by atoms with Crippen LogP contribution in [-0.4, -0.2) is 24.7 Å². The minimum Gasteiger partial charge on any atom is -0.467 e. The standard InChI is InChI=1S/C15H22N2O3.ClH/c1-2-19-13-7-12(15(13)4-3-5-15)17-14(18)10-6-11(8-16)20-9-10;/h6,9,12-13H,2-5,7-8,16H2,1H3,(H,17,18);1H. The van der Waals surface area contributed by atoms with Gasteiger partial charge in [-0.25, -0.2) is 0 Å². The first-order valence-electron chi connectivity index (χ1n) is 7.39. The molecular weight excluding hydrogens is 292 g/mol. The number of ether oxygens (including phenoxy) is 1. The molecule has 1 aromatic rings. The Balaban J connectivity index is 0.00000161. The smallest absolute Gasteiger partial charge is 0.254 e. The highest BCUT2D eigenvalue weighted by atomic mass is 35.5. The van der Waals surface area contributed by atoms with Crippen LogP contribution in [-0.2, 0) is 11.3 Å². The number of halogens is 1. The number of amides is 1. The lowest BCUT2D eigenvalue weighted by molar-refractivity contribution is -0.169. The molecule has 2 saturated carbocycles. The van der Waals surface area contributed by atoms with Gasteiger partial charge in [-0.3, -0.25) is 4.79 Å². The molecule has 1 spiro atoms. The van der Waals surface area contributed by atoms with E-state index in [-0.39, 0.29) is 29.8 Å². The minimum atomic E-state index is -0.0697. The Morgan fingerprint density at radius 2 is 2.33 bits per heavy atom. The summed E-state index contributed by atoms with van der Waals surface area (Å²) in [7, 11) is 0. The second-order valence-electron chi connectivity index (χ2n) is 5.80. The highest BCUT2D eigenvalue weighted by Gasteiger charge is 2.59. The highest BCUT2D eigenvalue weighted by molar-refractivity contribution is 5.94. The van der Waals surface area contributed by atoms with Crippen molar-refractivity contribution in [2.75, 3.05) is 6.61 Å². The van der Waals surface area contributed by atoms with Crippen LogP contribution in [0.15, 0.2) is 16.7 Å². The van der Waals surface area contributed by atoms with Gasteiger partial charge in [-0.05, 0) is 32.3 Å². The number of carbonyl (C=O) groups excluding carboxylic acids is 1. The summed E-state index contributed by atoms with van der Waals surface area (Å²) in [6.07, 6.45) is 6.25. The van der Waals surface area contributed by atoms with Crippen molar-refractivity contribution >= 4 is 18.3 Å². The third kappa shape index (κ3) is 2.70. The van der Waals surface area contributed by atoms with Crippen LogP contribution in [0.4, 0.5) is 0 Å². The van der Waals surface area contributed by atoms with Crippen molar-refractivity contribution < 1.29 is 13.9 Å². The van der Waals surface area contributed by atoms with Gasteiger partial charge in [0.15, 0.2) is 0 Å². The van der Waals surface area contributed by atoms with Gasteiger partial charge in [0.1, 0.15) is 12.0 Å². The molecule has 21 heavy (non-hydrogen) atoms. The van der Waals surface area contributed by atoms with E-state index in [0.29, 0.717) is 24.0 Å². The molecule has 1 aromatic heterocycles. The van der Waals surface area contributed by atoms with Gasteiger partial charge < -0.3 is 20.2 Å². The van der Waals surface area contributed by atoms with Gasteiger partial charge in [-0.2, -0.15) is 0 Å². The molecule has 2 aliphatic carbocycles. The maximum atomic E-state index is 12.2. The molecule has 2 fully saturated rings. The second-order valence-corrected chi connectivity index (χ2v) is 5.80. The van der Waals surface area contributed by atoms with E-state index in [0.717, 1.165) is 25.9 Å². The summed E-state index contributed by atoms with van der Waals surface area (Å²) < 4.78 is 11.0. The molecule has 5 nitrogen and oxygen atoms in total. The zero-order valence-electron chi connectivity index (χ0n) is 12.3. The van der Waals surface area contributed by atoms with E-state index in [9.17, 15) is 4.79 Å². The van der Waals surface area contributed by atoms with Gasteiger partial charge >= 0.3 is 0 Å². The van der Waals surface area contributed by atoms with Gasteiger partial charge in [0.2, 0.25) is 0 Å². The molecule has 118 valence electrons. The van der Waals surface area contributed by atoms with Crippen molar-refractivity contribution in [1.29, 1.82) is 0 Å². The topological polar surface area (TPSA) is 77.5 Å². The zero-order valence-corrected chi connectivity index (χ0v) is 13.1. The lowest BCUT2D eigenvalue weighted by Gasteiger charge is -2.60. The van der Waals surface area contributed by atoms with E-state index in [1.54, 1.807) is 6.07 Å². The van der Waals surface area contributed by atoms with Crippen LogP contribution in [0.3, 0.4) is 0 Å². The lowest BCUT2D eigenvalue weighted by Crippen LogP contribution is -2.67. The van der Waals surface area contributed by atoms with Gasteiger partial charge in [0.05, 0.1) is 18.2 Å². The first kappa shape index (κ1) is 16.3. The second kappa shape index (κ2) is 6.38. The Labute approximate surface area is 131 Å². The fourth-order valence-corrected chi connectivity index (χ4v) is 3.49. The van der Waals surface area contributed by atoms with Crippen LogP contribution in [0.5, 0.6) is 0 Å². The Morgan fingerprint density at radius 3 is 2.86 bits per heavy atom. The molecule has 2 aliphatic rings. The number of hydrogen-bond donors (Lipinski definition) is 2. The Hall–Kier alpha value is -1.04. The molecule has 0 radical (unpaired) electrons. The Bertz CT molecular complexity index is 499. The minimum absolute atomic E-state index is 0. The zero-order chi connectivity index (χ0) is 14.2. The summed E-state index contributed by atoms with van der Waals surface area (Å²) >= 11 is 0. The van der Waals surface area contributed by atoms with Crippen LogP contribution in [0.25, 0.3) is 0 Å². The number of nitrogens with two attached hydrogens (primary N) is 1. The van der Waals surface area contributed by atoms with E-state index in [2.05, 4.69) is 5.32 Å². The Kier molecular flexibility index (Phi) is 4.96. The quantitative estimate of drug-likeness (QED) is 0.873. The SMILES string of the molecule is CCOC1CC(NC(=O)c2coc(CN)c2)C12CCC2.Cl. The lowest BCUT2D eigenvalue weighted by atomic mass is 9.51. The van der Waals surface area contributed by atoms with Crippen molar-refractivity contribution in [1.82, 2.24) is 5.32 Å². The molecule has 6 heteroatoms. The molecule has 3 rings (SSSR count). The molecule has 2 atom stereocenters.